The molecular weight excluding hydrogens is 473 g/mol. The molecule has 0 aliphatic carbocycles. The zero-order valence-corrected chi connectivity index (χ0v) is 21.0. The van der Waals surface area contributed by atoms with Crippen LogP contribution in [0.5, 0.6) is 0 Å². The van der Waals surface area contributed by atoms with Crippen molar-refractivity contribution in [1.29, 1.82) is 0 Å². The van der Waals surface area contributed by atoms with Crippen molar-refractivity contribution in [1.82, 2.24) is 0 Å². The van der Waals surface area contributed by atoms with Crippen molar-refractivity contribution in [2.24, 2.45) is 0 Å². The van der Waals surface area contributed by atoms with Gasteiger partial charge in [-0.3, -0.25) is 0 Å². The topological polar surface area (TPSA) is 0 Å². The lowest BCUT2D eigenvalue weighted by atomic mass is 9.94. The summed E-state index contributed by atoms with van der Waals surface area (Å²) in [5, 5.41) is 10.5. The van der Waals surface area contributed by atoms with Gasteiger partial charge in [0.15, 0.2) is 0 Å². The monoisotopic (exact) mass is 492 g/mol. The molecule has 0 saturated carbocycles. The molecule has 0 spiro atoms. The van der Waals surface area contributed by atoms with Crippen LogP contribution in [0.3, 0.4) is 0 Å². The van der Waals surface area contributed by atoms with Crippen LogP contribution < -0.4 is 0 Å². The van der Waals surface area contributed by atoms with E-state index in [1.807, 2.05) is 22.7 Å². The van der Waals surface area contributed by atoms with E-state index in [-0.39, 0.29) is 0 Å². The molecule has 36 heavy (non-hydrogen) atoms. The minimum atomic E-state index is 1.28. The Bertz CT molecular complexity index is 1890. The second-order valence-corrected chi connectivity index (χ2v) is 11.6. The lowest BCUT2D eigenvalue weighted by molar-refractivity contribution is 1.75. The first kappa shape index (κ1) is 20.2. The number of hydrogen-bond donors (Lipinski definition) is 0. The van der Waals surface area contributed by atoms with E-state index >= 15 is 0 Å². The summed E-state index contributed by atoms with van der Waals surface area (Å²) >= 11 is 3.74. The lowest BCUT2D eigenvalue weighted by Gasteiger charge is -2.10. The van der Waals surface area contributed by atoms with Gasteiger partial charge in [0.2, 0.25) is 0 Å². The number of benzene rings is 6. The van der Waals surface area contributed by atoms with Gasteiger partial charge >= 0.3 is 0 Å². The Kier molecular flexibility index (Phi) is 4.36. The molecule has 0 atom stereocenters. The maximum atomic E-state index is 2.38. The summed E-state index contributed by atoms with van der Waals surface area (Å²) in [6.07, 6.45) is 0. The third-order valence-electron chi connectivity index (χ3n) is 7.26. The highest BCUT2D eigenvalue weighted by Crippen LogP contribution is 2.39. The minimum Gasteiger partial charge on any atom is -0.135 e. The van der Waals surface area contributed by atoms with Gasteiger partial charge in [0.25, 0.3) is 0 Å². The molecule has 0 nitrogen and oxygen atoms in total. The highest BCUT2D eigenvalue weighted by molar-refractivity contribution is 7.22. The summed E-state index contributed by atoms with van der Waals surface area (Å²) < 4.78 is 2.68. The van der Waals surface area contributed by atoms with Crippen molar-refractivity contribution < 1.29 is 0 Å². The molecule has 0 unspecified atom stereocenters. The molecule has 2 heteroatoms. The molecular formula is C34H20S2. The molecule has 0 aliphatic rings. The average molecular weight is 493 g/mol. The van der Waals surface area contributed by atoms with Gasteiger partial charge in [0.1, 0.15) is 0 Å². The molecule has 0 fully saturated rings. The molecule has 0 N–H and O–H groups in total. The number of fused-ring (bicyclic) bond motifs is 7. The van der Waals surface area contributed by atoms with Crippen molar-refractivity contribution in [2.45, 2.75) is 0 Å². The summed E-state index contributed by atoms with van der Waals surface area (Å²) in [6, 6.07) is 44.9. The van der Waals surface area contributed by atoms with E-state index in [9.17, 15) is 0 Å². The van der Waals surface area contributed by atoms with Gasteiger partial charge < -0.3 is 0 Å². The number of hydrogen-bond acceptors (Lipinski definition) is 2. The van der Waals surface area contributed by atoms with Gasteiger partial charge in [0.05, 0.1) is 0 Å². The van der Waals surface area contributed by atoms with Crippen LogP contribution in [0, 0.1) is 0 Å². The normalized spacial score (nSPS) is 11.9. The van der Waals surface area contributed by atoms with Crippen LogP contribution >= 0.6 is 22.7 Å². The fourth-order valence-corrected chi connectivity index (χ4v) is 7.54. The van der Waals surface area contributed by atoms with Crippen molar-refractivity contribution in [3.8, 4) is 20.9 Å². The van der Waals surface area contributed by atoms with E-state index in [1.165, 1.54) is 73.4 Å². The summed E-state index contributed by atoms with van der Waals surface area (Å²) in [5.41, 5.74) is 2.57. The molecule has 2 aromatic heterocycles. The Labute approximate surface area is 216 Å². The Balaban J connectivity index is 1.34. The van der Waals surface area contributed by atoms with E-state index in [1.54, 1.807) is 0 Å². The van der Waals surface area contributed by atoms with Gasteiger partial charge in [-0.15, -0.1) is 22.7 Å². The van der Waals surface area contributed by atoms with Gasteiger partial charge in [-0.2, -0.15) is 0 Å². The smallest absolute Gasteiger partial charge is 0.0355 e. The predicted molar refractivity (Wildman–Crippen MR) is 161 cm³/mol. The molecule has 8 aromatic rings. The van der Waals surface area contributed by atoms with E-state index in [4.69, 9.17) is 0 Å². The molecule has 6 aromatic carbocycles. The molecule has 0 bridgehead atoms. The number of rotatable bonds is 2. The lowest BCUT2D eigenvalue weighted by Crippen LogP contribution is -1.83. The van der Waals surface area contributed by atoms with E-state index in [0.29, 0.717) is 0 Å². The Hall–Kier alpha value is -3.98. The Morgan fingerprint density at radius 3 is 1.25 bits per heavy atom. The SMILES string of the molecule is c1ccc2sc(-c3ccc4ccc5c6cc(-c7cc8ccccc8s7)ccc6ccc5c4c3)cc2c1. The van der Waals surface area contributed by atoms with Crippen molar-refractivity contribution in [3.05, 3.63) is 121 Å². The van der Waals surface area contributed by atoms with Gasteiger partial charge in [-0.25, -0.2) is 0 Å². The first-order chi connectivity index (χ1) is 17.8. The standard InChI is InChI=1S/C34H20S2/c1-3-7-31-23(5-1)19-33(35-31)25-11-9-21-13-16-28-27(29(21)17-25)15-14-22-10-12-26(18-30(22)28)34-20-24-6-2-4-8-32(24)36-34/h1-20H. The fourth-order valence-electron chi connectivity index (χ4n) is 5.42. The van der Waals surface area contributed by atoms with Crippen molar-refractivity contribution in [2.75, 3.05) is 0 Å². The maximum Gasteiger partial charge on any atom is 0.0355 e. The minimum absolute atomic E-state index is 1.28. The fraction of sp³-hybridized carbons (Fsp3) is 0. The summed E-state index contributed by atoms with van der Waals surface area (Å²) in [6.45, 7) is 0. The third-order valence-corrected chi connectivity index (χ3v) is 9.59. The molecule has 0 amide bonds. The van der Waals surface area contributed by atoms with Gasteiger partial charge in [-0.1, -0.05) is 84.9 Å². The maximum absolute atomic E-state index is 2.38. The van der Waals surface area contributed by atoms with Crippen LogP contribution in [0.4, 0.5) is 0 Å². The molecule has 168 valence electrons. The quantitative estimate of drug-likeness (QED) is 0.211. The Morgan fingerprint density at radius 1 is 0.333 bits per heavy atom. The highest BCUT2D eigenvalue weighted by Gasteiger charge is 2.11. The van der Waals surface area contributed by atoms with E-state index in [2.05, 4.69) is 121 Å². The second kappa shape index (κ2) is 7.76. The summed E-state index contributed by atoms with van der Waals surface area (Å²) in [4.78, 5) is 2.64. The van der Waals surface area contributed by atoms with Crippen molar-refractivity contribution in [3.63, 3.8) is 0 Å². The molecule has 2 heterocycles. The molecule has 8 rings (SSSR count). The average Bonchev–Trinajstić information content (AvgIpc) is 3.57. The first-order valence-corrected chi connectivity index (χ1v) is 13.8. The predicted octanol–water partition coefficient (Wildman–Crippen LogP) is 10.9. The van der Waals surface area contributed by atoms with Crippen LogP contribution in [0.15, 0.2) is 121 Å². The zero-order valence-electron chi connectivity index (χ0n) is 19.4. The van der Waals surface area contributed by atoms with Crippen LogP contribution in [0.2, 0.25) is 0 Å². The van der Waals surface area contributed by atoms with Crippen LogP contribution in [-0.4, -0.2) is 0 Å². The summed E-state index contributed by atoms with van der Waals surface area (Å²) in [5.74, 6) is 0. The van der Waals surface area contributed by atoms with Gasteiger partial charge in [0, 0.05) is 19.2 Å². The third kappa shape index (κ3) is 3.12. The first-order valence-electron chi connectivity index (χ1n) is 12.2. The number of thiophene rings is 2. The largest absolute Gasteiger partial charge is 0.135 e. The highest BCUT2D eigenvalue weighted by atomic mass is 32.1. The summed E-state index contributed by atoms with van der Waals surface area (Å²) in [7, 11) is 0. The zero-order chi connectivity index (χ0) is 23.6. The second-order valence-electron chi connectivity index (χ2n) is 9.40. The van der Waals surface area contributed by atoms with Crippen LogP contribution in [0.25, 0.3) is 73.4 Å². The Morgan fingerprint density at radius 2 is 0.778 bits per heavy atom. The van der Waals surface area contributed by atoms with E-state index in [0.717, 1.165) is 0 Å². The van der Waals surface area contributed by atoms with Gasteiger partial charge in [-0.05, 0) is 90.6 Å². The van der Waals surface area contributed by atoms with E-state index < -0.39 is 0 Å². The van der Waals surface area contributed by atoms with Crippen LogP contribution in [-0.2, 0) is 0 Å². The molecule has 0 saturated heterocycles. The van der Waals surface area contributed by atoms with Crippen LogP contribution in [0.1, 0.15) is 0 Å². The van der Waals surface area contributed by atoms with Crippen molar-refractivity contribution >= 4 is 75.2 Å². The molecule has 0 aliphatic heterocycles. The molecule has 0 radical (unpaired) electrons.